The second-order valence-corrected chi connectivity index (χ2v) is 3.29. The quantitative estimate of drug-likeness (QED) is 0.702. The summed E-state index contributed by atoms with van der Waals surface area (Å²) in [5, 5.41) is 0. The lowest BCUT2D eigenvalue weighted by Gasteiger charge is -2.04. The fraction of sp³-hybridized carbons (Fsp3) is 0.200. The van der Waals surface area contributed by atoms with Crippen molar-refractivity contribution in [2.75, 3.05) is 0 Å². The zero-order valence-electron chi connectivity index (χ0n) is 8.17. The topological polar surface area (TPSA) is 45.8 Å². The molecule has 0 fully saturated rings. The van der Waals surface area contributed by atoms with E-state index in [2.05, 4.69) is 9.97 Å². The second kappa shape index (κ2) is 3.49. The summed E-state index contributed by atoms with van der Waals surface area (Å²) in [6.45, 7) is 1.58. The number of benzene rings is 1. The Morgan fingerprint density at radius 1 is 1.53 bits per heavy atom. The van der Waals surface area contributed by atoms with E-state index in [-0.39, 0.29) is 17.4 Å². The van der Waals surface area contributed by atoms with Gasteiger partial charge in [0, 0.05) is 0 Å². The van der Waals surface area contributed by atoms with Gasteiger partial charge in [-0.15, -0.1) is 0 Å². The molecule has 2 rings (SSSR count). The van der Waals surface area contributed by atoms with Crippen LogP contribution in [0, 0.1) is 12.7 Å². The molecule has 0 spiro atoms. The van der Waals surface area contributed by atoms with Crippen LogP contribution >= 0.6 is 0 Å². The van der Waals surface area contributed by atoms with E-state index in [1.54, 1.807) is 19.1 Å². The van der Waals surface area contributed by atoms with Crippen LogP contribution in [0.5, 0.6) is 0 Å². The van der Waals surface area contributed by atoms with E-state index in [4.69, 9.17) is 7.85 Å². The molecule has 2 aromatic rings. The SMILES string of the molecule is [B]Cc1ccc2nc(C)c(=O)[nH]c2c1F. The van der Waals surface area contributed by atoms with Crippen LogP contribution in [0.1, 0.15) is 11.3 Å². The van der Waals surface area contributed by atoms with Crippen LogP contribution < -0.4 is 5.56 Å². The minimum atomic E-state index is -0.500. The van der Waals surface area contributed by atoms with E-state index in [1.165, 1.54) is 0 Å². The van der Waals surface area contributed by atoms with E-state index < -0.39 is 5.82 Å². The van der Waals surface area contributed by atoms with Crippen molar-refractivity contribution in [3.05, 3.63) is 39.6 Å². The van der Waals surface area contributed by atoms with Gasteiger partial charge in [0.15, 0.2) is 5.82 Å². The summed E-state index contributed by atoms with van der Waals surface area (Å²) in [5.41, 5.74) is 0.858. The molecule has 0 saturated carbocycles. The third kappa shape index (κ3) is 1.54. The van der Waals surface area contributed by atoms with Crippen LogP contribution in [0.2, 0.25) is 0 Å². The van der Waals surface area contributed by atoms with Crippen LogP contribution in [0.4, 0.5) is 4.39 Å². The molecule has 0 bridgehead atoms. The van der Waals surface area contributed by atoms with Crippen molar-refractivity contribution >= 4 is 18.9 Å². The zero-order valence-corrected chi connectivity index (χ0v) is 8.17. The first-order valence-electron chi connectivity index (χ1n) is 4.51. The Morgan fingerprint density at radius 2 is 2.27 bits per heavy atom. The molecule has 5 heteroatoms. The molecule has 3 nitrogen and oxygen atoms in total. The highest BCUT2D eigenvalue weighted by molar-refractivity contribution is 6.08. The molecule has 0 aliphatic carbocycles. The molecule has 1 aromatic heterocycles. The predicted octanol–water partition coefficient (Wildman–Crippen LogP) is 1.04. The highest BCUT2D eigenvalue weighted by Gasteiger charge is 2.08. The molecular weight excluding hydrogens is 194 g/mol. The molecule has 0 amide bonds. The van der Waals surface area contributed by atoms with E-state index in [1.807, 2.05) is 0 Å². The van der Waals surface area contributed by atoms with E-state index in [9.17, 15) is 9.18 Å². The lowest BCUT2D eigenvalue weighted by Crippen LogP contribution is -2.12. The van der Waals surface area contributed by atoms with Crippen molar-refractivity contribution in [2.45, 2.75) is 13.2 Å². The predicted molar refractivity (Wildman–Crippen MR) is 56.5 cm³/mol. The van der Waals surface area contributed by atoms with Gasteiger partial charge in [-0.3, -0.25) is 4.79 Å². The van der Waals surface area contributed by atoms with Gasteiger partial charge in [0.05, 0.1) is 13.4 Å². The zero-order chi connectivity index (χ0) is 11.0. The average Bonchev–Trinajstić information content (AvgIpc) is 2.22. The summed E-state index contributed by atoms with van der Waals surface area (Å²) in [6.07, 6.45) is 0.0949. The fourth-order valence-corrected chi connectivity index (χ4v) is 1.41. The van der Waals surface area contributed by atoms with Crippen molar-refractivity contribution in [2.24, 2.45) is 0 Å². The summed E-state index contributed by atoms with van der Waals surface area (Å²) >= 11 is 0. The molecule has 2 radical (unpaired) electrons. The number of rotatable bonds is 1. The van der Waals surface area contributed by atoms with Crippen LogP contribution in [0.15, 0.2) is 16.9 Å². The van der Waals surface area contributed by atoms with Crippen LogP contribution in [0.3, 0.4) is 0 Å². The summed E-state index contributed by atoms with van der Waals surface area (Å²) in [5.74, 6) is -0.500. The Labute approximate surface area is 86.8 Å². The van der Waals surface area contributed by atoms with Crippen LogP contribution in [-0.4, -0.2) is 17.8 Å². The van der Waals surface area contributed by atoms with Crippen LogP contribution in [-0.2, 0) is 6.32 Å². The first kappa shape index (κ1) is 9.89. The minimum Gasteiger partial charge on any atom is -0.317 e. The molecule has 0 saturated heterocycles. The Hall–Kier alpha value is -1.65. The third-order valence-corrected chi connectivity index (χ3v) is 2.28. The van der Waals surface area contributed by atoms with Crippen LogP contribution in [0.25, 0.3) is 11.0 Å². The minimum absolute atomic E-state index is 0.0949. The average molecular weight is 202 g/mol. The summed E-state index contributed by atoms with van der Waals surface area (Å²) < 4.78 is 13.7. The number of fused-ring (bicyclic) bond motifs is 1. The van der Waals surface area contributed by atoms with Gasteiger partial charge < -0.3 is 4.98 Å². The van der Waals surface area contributed by atoms with Gasteiger partial charge in [-0.2, -0.15) is 0 Å². The number of aromatic amines is 1. The van der Waals surface area contributed by atoms with Gasteiger partial charge in [-0.1, -0.05) is 12.4 Å². The largest absolute Gasteiger partial charge is 0.317 e. The summed E-state index contributed by atoms with van der Waals surface area (Å²) in [4.78, 5) is 17.7. The molecule has 0 atom stereocenters. The van der Waals surface area contributed by atoms with Gasteiger partial charge in [-0.05, 0) is 18.6 Å². The first-order valence-corrected chi connectivity index (χ1v) is 4.51. The number of hydrogen-bond donors (Lipinski definition) is 1. The van der Waals surface area contributed by atoms with Gasteiger partial charge >= 0.3 is 0 Å². The smallest absolute Gasteiger partial charge is 0.269 e. The molecule has 0 aliphatic rings. The van der Waals surface area contributed by atoms with E-state index >= 15 is 0 Å². The Bertz CT molecular complexity index is 579. The molecular formula is C10H8BFN2O. The number of H-pyrrole nitrogens is 1. The maximum Gasteiger partial charge on any atom is 0.269 e. The molecule has 15 heavy (non-hydrogen) atoms. The van der Waals surface area contributed by atoms with Gasteiger partial charge in [0.1, 0.15) is 11.2 Å². The van der Waals surface area contributed by atoms with E-state index in [0.717, 1.165) is 0 Å². The summed E-state index contributed by atoms with van der Waals surface area (Å²) in [6, 6.07) is 3.21. The van der Waals surface area contributed by atoms with Gasteiger partial charge in [0.2, 0.25) is 0 Å². The van der Waals surface area contributed by atoms with Crippen molar-refractivity contribution in [1.82, 2.24) is 9.97 Å². The van der Waals surface area contributed by atoms with Gasteiger partial charge in [0.25, 0.3) is 5.56 Å². The Kier molecular flexibility index (Phi) is 2.30. The Morgan fingerprint density at radius 3 is 2.93 bits per heavy atom. The maximum absolute atomic E-state index is 13.7. The fourth-order valence-electron chi connectivity index (χ4n) is 1.41. The molecule has 1 heterocycles. The number of nitrogens with one attached hydrogen (secondary N) is 1. The third-order valence-electron chi connectivity index (χ3n) is 2.28. The van der Waals surface area contributed by atoms with Crippen molar-refractivity contribution in [3.63, 3.8) is 0 Å². The first-order chi connectivity index (χ1) is 7.13. The van der Waals surface area contributed by atoms with E-state index in [0.29, 0.717) is 16.8 Å². The summed E-state index contributed by atoms with van der Waals surface area (Å²) in [7, 11) is 5.36. The number of nitrogens with zero attached hydrogens (tertiary/aromatic N) is 1. The molecule has 0 aliphatic heterocycles. The number of hydrogen-bond acceptors (Lipinski definition) is 2. The van der Waals surface area contributed by atoms with Gasteiger partial charge in [-0.25, -0.2) is 9.37 Å². The molecule has 74 valence electrons. The van der Waals surface area contributed by atoms with Crippen molar-refractivity contribution in [1.29, 1.82) is 0 Å². The molecule has 1 aromatic carbocycles. The Balaban J connectivity index is 2.87. The van der Waals surface area contributed by atoms with Crippen molar-refractivity contribution < 1.29 is 4.39 Å². The highest BCUT2D eigenvalue weighted by Crippen LogP contribution is 2.16. The normalized spacial score (nSPS) is 10.8. The second-order valence-electron chi connectivity index (χ2n) is 3.29. The highest BCUT2D eigenvalue weighted by atomic mass is 19.1. The lowest BCUT2D eigenvalue weighted by atomic mass is 9.96. The standard InChI is InChI=1S/C10H8BFN2O/c1-5-10(15)14-9-7(13-5)3-2-6(4-11)8(9)12/h2-3H,4H2,1H3,(H,14,15). The molecule has 0 unspecified atom stereocenters. The number of aryl methyl sites for hydroxylation is 1. The monoisotopic (exact) mass is 202 g/mol. The lowest BCUT2D eigenvalue weighted by molar-refractivity contribution is 0.625. The maximum atomic E-state index is 13.7. The number of halogens is 1. The number of aromatic nitrogens is 2. The molecule has 1 N–H and O–H groups in total. The van der Waals surface area contributed by atoms with Crippen molar-refractivity contribution in [3.8, 4) is 0 Å².